The first-order valence-corrected chi connectivity index (χ1v) is 8.66. The summed E-state index contributed by atoms with van der Waals surface area (Å²) in [4.78, 5) is 26.7. The summed E-state index contributed by atoms with van der Waals surface area (Å²) in [5.74, 6) is -0.334. The van der Waals surface area contributed by atoms with Gasteiger partial charge in [-0.05, 0) is 42.2 Å². The van der Waals surface area contributed by atoms with Crippen LogP contribution in [0.15, 0.2) is 54.7 Å². The SMILES string of the molecule is COC(=O)c1ccc(CNC(=O)CCCc2c[nH]c3ccccc23)cc1. The minimum absolute atomic E-state index is 0.0295. The van der Waals surface area contributed by atoms with Gasteiger partial charge in [0.2, 0.25) is 5.91 Å². The molecule has 0 fully saturated rings. The van der Waals surface area contributed by atoms with Gasteiger partial charge < -0.3 is 15.0 Å². The summed E-state index contributed by atoms with van der Waals surface area (Å²) < 4.78 is 4.67. The molecule has 0 spiro atoms. The number of carbonyl (C=O) groups is 2. The molecule has 0 saturated heterocycles. The molecule has 0 aliphatic heterocycles. The van der Waals surface area contributed by atoms with E-state index in [2.05, 4.69) is 27.2 Å². The average Bonchev–Trinajstić information content (AvgIpc) is 3.09. The standard InChI is InChI=1S/C21H22N2O3/c1-26-21(25)16-11-9-15(10-12-16)13-23-20(24)8-4-5-17-14-22-19-7-3-2-6-18(17)19/h2-3,6-7,9-12,14,22H,4-5,8,13H2,1H3,(H,23,24). The average molecular weight is 350 g/mol. The zero-order valence-electron chi connectivity index (χ0n) is 14.7. The highest BCUT2D eigenvalue weighted by Gasteiger charge is 2.07. The van der Waals surface area contributed by atoms with E-state index in [4.69, 9.17) is 0 Å². The van der Waals surface area contributed by atoms with Crippen LogP contribution in [0.1, 0.15) is 34.3 Å². The van der Waals surface area contributed by atoms with E-state index in [9.17, 15) is 9.59 Å². The molecule has 134 valence electrons. The Bertz CT molecular complexity index is 897. The Hall–Kier alpha value is -3.08. The summed E-state index contributed by atoms with van der Waals surface area (Å²) in [7, 11) is 1.35. The molecule has 26 heavy (non-hydrogen) atoms. The maximum absolute atomic E-state index is 12.0. The van der Waals surface area contributed by atoms with Crippen LogP contribution in [0.4, 0.5) is 0 Å². The van der Waals surface area contributed by atoms with Gasteiger partial charge in [-0.2, -0.15) is 0 Å². The number of methoxy groups -OCH3 is 1. The van der Waals surface area contributed by atoms with Crippen LogP contribution in [0.2, 0.25) is 0 Å². The highest BCUT2D eigenvalue weighted by atomic mass is 16.5. The number of benzene rings is 2. The molecule has 0 aliphatic rings. The lowest BCUT2D eigenvalue weighted by atomic mass is 10.1. The van der Waals surface area contributed by atoms with Crippen molar-refractivity contribution in [3.63, 3.8) is 0 Å². The van der Waals surface area contributed by atoms with Crippen molar-refractivity contribution in [2.45, 2.75) is 25.8 Å². The van der Waals surface area contributed by atoms with Crippen molar-refractivity contribution in [2.75, 3.05) is 7.11 Å². The lowest BCUT2D eigenvalue weighted by Gasteiger charge is -2.06. The summed E-state index contributed by atoms with van der Waals surface area (Å²) >= 11 is 0. The van der Waals surface area contributed by atoms with Gasteiger partial charge in [0, 0.05) is 30.1 Å². The molecule has 1 amide bonds. The summed E-state index contributed by atoms with van der Waals surface area (Å²) in [5, 5.41) is 4.14. The Morgan fingerprint density at radius 1 is 1.08 bits per heavy atom. The molecule has 0 saturated carbocycles. The van der Waals surface area contributed by atoms with Gasteiger partial charge in [0.1, 0.15) is 0 Å². The van der Waals surface area contributed by atoms with Crippen molar-refractivity contribution < 1.29 is 14.3 Å². The van der Waals surface area contributed by atoms with Crippen molar-refractivity contribution in [3.8, 4) is 0 Å². The molecule has 2 aromatic carbocycles. The van der Waals surface area contributed by atoms with E-state index in [1.807, 2.05) is 30.5 Å². The van der Waals surface area contributed by atoms with Gasteiger partial charge in [0.05, 0.1) is 12.7 Å². The van der Waals surface area contributed by atoms with E-state index >= 15 is 0 Å². The molecule has 5 heteroatoms. The number of nitrogens with one attached hydrogen (secondary N) is 2. The van der Waals surface area contributed by atoms with Crippen LogP contribution in [-0.2, 0) is 22.5 Å². The molecular weight excluding hydrogens is 328 g/mol. The molecule has 0 aliphatic carbocycles. The number of hydrogen-bond acceptors (Lipinski definition) is 3. The fourth-order valence-electron chi connectivity index (χ4n) is 2.94. The van der Waals surface area contributed by atoms with Crippen LogP contribution in [0.25, 0.3) is 10.9 Å². The predicted molar refractivity (Wildman–Crippen MR) is 101 cm³/mol. The number of ether oxygens (including phenoxy) is 1. The number of para-hydroxylation sites is 1. The smallest absolute Gasteiger partial charge is 0.337 e. The third kappa shape index (κ3) is 4.30. The molecule has 1 heterocycles. The van der Waals surface area contributed by atoms with E-state index in [0.29, 0.717) is 18.5 Å². The second-order valence-corrected chi connectivity index (χ2v) is 6.18. The minimum Gasteiger partial charge on any atom is -0.465 e. The van der Waals surface area contributed by atoms with Crippen LogP contribution < -0.4 is 5.32 Å². The van der Waals surface area contributed by atoms with Crippen molar-refractivity contribution in [2.24, 2.45) is 0 Å². The maximum Gasteiger partial charge on any atom is 0.337 e. The number of H-pyrrole nitrogens is 1. The summed E-state index contributed by atoms with van der Waals surface area (Å²) in [6.45, 7) is 0.452. The number of amides is 1. The fourth-order valence-corrected chi connectivity index (χ4v) is 2.94. The monoisotopic (exact) mass is 350 g/mol. The predicted octanol–water partition coefficient (Wildman–Crippen LogP) is 3.59. The molecule has 3 aromatic rings. The quantitative estimate of drug-likeness (QED) is 0.640. The second kappa shape index (κ2) is 8.34. The number of aryl methyl sites for hydroxylation is 1. The van der Waals surface area contributed by atoms with E-state index in [0.717, 1.165) is 23.9 Å². The zero-order valence-corrected chi connectivity index (χ0v) is 14.7. The molecule has 0 bridgehead atoms. The van der Waals surface area contributed by atoms with Crippen LogP contribution in [0.3, 0.4) is 0 Å². The van der Waals surface area contributed by atoms with Gasteiger partial charge in [-0.1, -0.05) is 30.3 Å². The Morgan fingerprint density at radius 2 is 1.85 bits per heavy atom. The van der Waals surface area contributed by atoms with E-state index in [1.165, 1.54) is 18.1 Å². The summed E-state index contributed by atoms with van der Waals surface area (Å²) in [6, 6.07) is 15.2. The number of aromatic nitrogens is 1. The van der Waals surface area contributed by atoms with Crippen LogP contribution in [0.5, 0.6) is 0 Å². The molecule has 0 unspecified atom stereocenters. The van der Waals surface area contributed by atoms with Crippen molar-refractivity contribution in [1.82, 2.24) is 10.3 Å². The first-order valence-electron chi connectivity index (χ1n) is 8.66. The number of carbonyl (C=O) groups excluding carboxylic acids is 2. The van der Waals surface area contributed by atoms with E-state index < -0.39 is 0 Å². The highest BCUT2D eigenvalue weighted by Crippen LogP contribution is 2.19. The first-order chi connectivity index (χ1) is 12.7. The fraction of sp³-hybridized carbons (Fsp3) is 0.238. The Kier molecular flexibility index (Phi) is 5.69. The van der Waals surface area contributed by atoms with E-state index in [1.54, 1.807) is 12.1 Å². The van der Waals surface area contributed by atoms with Gasteiger partial charge >= 0.3 is 5.97 Å². The van der Waals surface area contributed by atoms with Crippen molar-refractivity contribution >= 4 is 22.8 Å². The molecular formula is C21H22N2O3. The Balaban J connectivity index is 1.43. The van der Waals surface area contributed by atoms with Crippen LogP contribution in [-0.4, -0.2) is 24.0 Å². The third-order valence-electron chi connectivity index (χ3n) is 4.39. The molecule has 1 aromatic heterocycles. The summed E-state index contributed by atoms with van der Waals surface area (Å²) in [6.07, 6.45) is 4.17. The number of esters is 1. The minimum atomic E-state index is -0.363. The number of aromatic amines is 1. The maximum atomic E-state index is 12.0. The highest BCUT2D eigenvalue weighted by molar-refractivity contribution is 5.89. The van der Waals surface area contributed by atoms with Crippen molar-refractivity contribution in [3.05, 3.63) is 71.4 Å². The van der Waals surface area contributed by atoms with E-state index in [-0.39, 0.29) is 11.9 Å². The lowest BCUT2D eigenvalue weighted by Crippen LogP contribution is -2.22. The third-order valence-corrected chi connectivity index (χ3v) is 4.39. The number of rotatable bonds is 7. The summed E-state index contributed by atoms with van der Waals surface area (Å²) in [5.41, 5.74) is 3.82. The Labute approximate surface area is 152 Å². The number of fused-ring (bicyclic) bond motifs is 1. The zero-order chi connectivity index (χ0) is 18.4. The lowest BCUT2D eigenvalue weighted by molar-refractivity contribution is -0.121. The van der Waals surface area contributed by atoms with Gasteiger partial charge in [-0.3, -0.25) is 4.79 Å². The van der Waals surface area contributed by atoms with Gasteiger partial charge in [0.15, 0.2) is 0 Å². The molecule has 0 radical (unpaired) electrons. The van der Waals surface area contributed by atoms with Crippen LogP contribution >= 0.6 is 0 Å². The first kappa shape index (κ1) is 17.7. The molecule has 2 N–H and O–H groups in total. The Morgan fingerprint density at radius 3 is 2.62 bits per heavy atom. The largest absolute Gasteiger partial charge is 0.465 e. The second-order valence-electron chi connectivity index (χ2n) is 6.18. The number of hydrogen-bond donors (Lipinski definition) is 2. The van der Waals surface area contributed by atoms with Crippen LogP contribution in [0, 0.1) is 0 Å². The normalized spacial score (nSPS) is 10.7. The van der Waals surface area contributed by atoms with Gasteiger partial charge in [-0.25, -0.2) is 4.79 Å². The van der Waals surface area contributed by atoms with Gasteiger partial charge in [-0.15, -0.1) is 0 Å². The van der Waals surface area contributed by atoms with Crippen molar-refractivity contribution in [1.29, 1.82) is 0 Å². The topological polar surface area (TPSA) is 71.2 Å². The molecule has 0 atom stereocenters. The molecule has 3 rings (SSSR count). The molecule has 5 nitrogen and oxygen atoms in total. The van der Waals surface area contributed by atoms with Gasteiger partial charge in [0.25, 0.3) is 0 Å².